The van der Waals surface area contributed by atoms with Crippen molar-refractivity contribution in [1.82, 2.24) is 9.88 Å². The second kappa shape index (κ2) is 9.91. The Kier molecular flexibility index (Phi) is 7.05. The molecule has 1 aliphatic rings. The van der Waals surface area contributed by atoms with E-state index in [0.717, 1.165) is 30.8 Å². The molecular formula is C22H28N4O3. The molecule has 1 saturated heterocycles. The zero-order chi connectivity index (χ0) is 20.6. The fourth-order valence-electron chi connectivity index (χ4n) is 3.27. The van der Waals surface area contributed by atoms with E-state index < -0.39 is 0 Å². The lowest BCUT2D eigenvalue weighted by Gasteiger charge is -2.31. The maximum absolute atomic E-state index is 12.4. The van der Waals surface area contributed by atoms with E-state index in [-0.39, 0.29) is 18.0 Å². The number of benzene rings is 1. The number of anilines is 2. The molecule has 0 saturated carbocycles. The quantitative estimate of drug-likeness (QED) is 0.773. The highest BCUT2D eigenvalue weighted by Crippen LogP contribution is 2.17. The largest absolute Gasteiger partial charge is 0.450 e. The Morgan fingerprint density at radius 1 is 1.10 bits per heavy atom. The summed E-state index contributed by atoms with van der Waals surface area (Å²) in [5, 5.41) is 6.27. The van der Waals surface area contributed by atoms with E-state index in [4.69, 9.17) is 4.74 Å². The number of aromatic nitrogens is 1. The molecule has 7 heteroatoms. The van der Waals surface area contributed by atoms with Crippen LogP contribution in [0.25, 0.3) is 0 Å². The third kappa shape index (κ3) is 5.70. The molecule has 1 aliphatic heterocycles. The first-order valence-corrected chi connectivity index (χ1v) is 10.1. The molecule has 0 aliphatic carbocycles. The molecule has 0 bridgehead atoms. The first-order valence-electron chi connectivity index (χ1n) is 10.1. The van der Waals surface area contributed by atoms with Gasteiger partial charge in [0.15, 0.2) is 0 Å². The molecule has 154 valence electrons. The van der Waals surface area contributed by atoms with Gasteiger partial charge in [0, 0.05) is 31.0 Å². The number of amides is 2. The smallest absolute Gasteiger partial charge is 0.409 e. The van der Waals surface area contributed by atoms with Gasteiger partial charge >= 0.3 is 6.09 Å². The number of ether oxygens (including phenoxy) is 1. The van der Waals surface area contributed by atoms with Crippen LogP contribution in [0.2, 0.25) is 0 Å². The van der Waals surface area contributed by atoms with Crippen LogP contribution in [0.15, 0.2) is 42.6 Å². The van der Waals surface area contributed by atoms with E-state index >= 15 is 0 Å². The summed E-state index contributed by atoms with van der Waals surface area (Å²) in [5.74, 6) is 0.541. The van der Waals surface area contributed by atoms with E-state index in [1.54, 1.807) is 17.2 Å². The molecule has 1 aromatic carbocycles. The molecule has 1 aromatic heterocycles. The van der Waals surface area contributed by atoms with Gasteiger partial charge in [0.05, 0.1) is 12.2 Å². The van der Waals surface area contributed by atoms with Gasteiger partial charge in [-0.15, -0.1) is 0 Å². The summed E-state index contributed by atoms with van der Waals surface area (Å²) in [7, 11) is 0. The van der Waals surface area contributed by atoms with E-state index in [1.807, 2.05) is 37.3 Å². The number of rotatable bonds is 6. The van der Waals surface area contributed by atoms with Crippen LogP contribution in [0.4, 0.5) is 16.3 Å². The zero-order valence-electron chi connectivity index (χ0n) is 17.0. The standard InChI is InChI=1S/C22H28N4O3/c1-3-16-5-8-18(9-6-16)25-21(27)17-7-10-20(23-15-17)24-19-11-13-26(14-12-19)22(28)29-4-2/h5-10,15,19H,3-4,11-14H2,1-2H3,(H,23,24)(H,25,27). The Morgan fingerprint density at radius 3 is 2.41 bits per heavy atom. The summed E-state index contributed by atoms with van der Waals surface area (Å²) in [6.07, 6.45) is 3.96. The Balaban J connectivity index is 1.49. The number of likely N-dealkylation sites (tertiary alicyclic amines) is 1. The molecular weight excluding hydrogens is 368 g/mol. The van der Waals surface area contributed by atoms with Gasteiger partial charge in [0.2, 0.25) is 0 Å². The van der Waals surface area contributed by atoms with Crippen molar-refractivity contribution in [2.45, 2.75) is 39.2 Å². The third-order valence-electron chi connectivity index (χ3n) is 5.02. The van der Waals surface area contributed by atoms with Crippen molar-refractivity contribution in [3.8, 4) is 0 Å². The number of carbonyl (C=O) groups is 2. The number of hydrogen-bond acceptors (Lipinski definition) is 5. The second-order valence-corrected chi connectivity index (χ2v) is 7.04. The van der Waals surface area contributed by atoms with Crippen molar-refractivity contribution < 1.29 is 14.3 Å². The number of nitrogens with zero attached hydrogens (tertiary/aromatic N) is 2. The molecule has 29 heavy (non-hydrogen) atoms. The number of pyridine rings is 1. The van der Waals surface area contributed by atoms with Crippen LogP contribution < -0.4 is 10.6 Å². The fourth-order valence-corrected chi connectivity index (χ4v) is 3.27. The first-order chi connectivity index (χ1) is 14.1. The normalized spacial score (nSPS) is 14.3. The van der Waals surface area contributed by atoms with Crippen LogP contribution in [0.5, 0.6) is 0 Å². The van der Waals surface area contributed by atoms with Gasteiger partial charge in [0.1, 0.15) is 5.82 Å². The average molecular weight is 396 g/mol. The van der Waals surface area contributed by atoms with Crippen LogP contribution in [0.3, 0.4) is 0 Å². The number of nitrogens with one attached hydrogen (secondary N) is 2. The van der Waals surface area contributed by atoms with Crippen molar-refractivity contribution in [2.24, 2.45) is 0 Å². The molecule has 0 unspecified atom stereocenters. The minimum Gasteiger partial charge on any atom is -0.450 e. The molecule has 3 rings (SSSR count). The summed E-state index contributed by atoms with van der Waals surface area (Å²) in [4.78, 5) is 30.3. The molecule has 2 heterocycles. The van der Waals surface area contributed by atoms with Crippen molar-refractivity contribution in [2.75, 3.05) is 30.3 Å². The highest BCUT2D eigenvalue weighted by Gasteiger charge is 2.23. The van der Waals surface area contributed by atoms with Crippen LogP contribution >= 0.6 is 0 Å². The summed E-state index contributed by atoms with van der Waals surface area (Å²) < 4.78 is 5.04. The zero-order valence-corrected chi connectivity index (χ0v) is 17.0. The highest BCUT2D eigenvalue weighted by atomic mass is 16.6. The summed E-state index contributed by atoms with van der Waals surface area (Å²) in [5.41, 5.74) is 2.50. The Morgan fingerprint density at radius 2 is 1.83 bits per heavy atom. The van der Waals surface area contributed by atoms with Crippen molar-refractivity contribution >= 4 is 23.5 Å². The number of aryl methyl sites for hydroxylation is 1. The molecule has 0 spiro atoms. The van der Waals surface area contributed by atoms with Crippen molar-refractivity contribution in [3.05, 3.63) is 53.7 Å². The lowest BCUT2D eigenvalue weighted by Crippen LogP contribution is -2.42. The van der Waals surface area contributed by atoms with E-state index in [0.29, 0.717) is 25.3 Å². The molecule has 1 fully saturated rings. The van der Waals surface area contributed by atoms with Crippen LogP contribution in [0, 0.1) is 0 Å². The van der Waals surface area contributed by atoms with Crippen LogP contribution in [-0.4, -0.2) is 47.6 Å². The van der Waals surface area contributed by atoms with Gasteiger partial charge in [-0.25, -0.2) is 9.78 Å². The van der Waals surface area contributed by atoms with E-state index in [1.165, 1.54) is 5.56 Å². The molecule has 7 nitrogen and oxygen atoms in total. The van der Waals surface area contributed by atoms with Gasteiger partial charge in [-0.05, 0) is 56.0 Å². The number of carbonyl (C=O) groups excluding carboxylic acids is 2. The van der Waals surface area contributed by atoms with E-state index in [2.05, 4.69) is 22.5 Å². The highest BCUT2D eigenvalue weighted by molar-refractivity contribution is 6.04. The second-order valence-electron chi connectivity index (χ2n) is 7.04. The molecule has 2 aromatic rings. The van der Waals surface area contributed by atoms with Crippen molar-refractivity contribution in [1.29, 1.82) is 0 Å². The lowest BCUT2D eigenvalue weighted by molar-refractivity contribution is 0.0982. The minimum atomic E-state index is -0.247. The van der Waals surface area contributed by atoms with Gasteiger partial charge < -0.3 is 20.3 Å². The Bertz CT molecular complexity index is 813. The summed E-state index contributed by atoms with van der Waals surface area (Å²) >= 11 is 0. The fraction of sp³-hybridized carbons (Fsp3) is 0.409. The molecule has 2 N–H and O–H groups in total. The topological polar surface area (TPSA) is 83.6 Å². The maximum atomic E-state index is 12.4. The summed E-state index contributed by atoms with van der Waals surface area (Å²) in [6, 6.07) is 11.6. The monoisotopic (exact) mass is 396 g/mol. The van der Waals surface area contributed by atoms with Gasteiger partial charge in [0.25, 0.3) is 5.91 Å². The summed E-state index contributed by atoms with van der Waals surface area (Å²) in [6.45, 7) is 5.62. The van der Waals surface area contributed by atoms with Gasteiger partial charge in [-0.3, -0.25) is 4.79 Å². The van der Waals surface area contributed by atoms with Crippen molar-refractivity contribution in [3.63, 3.8) is 0 Å². The van der Waals surface area contributed by atoms with E-state index in [9.17, 15) is 9.59 Å². The average Bonchev–Trinajstić information content (AvgIpc) is 2.75. The Labute approximate surface area is 171 Å². The first kappa shape index (κ1) is 20.6. The van der Waals surface area contributed by atoms with Gasteiger partial charge in [-0.2, -0.15) is 0 Å². The minimum absolute atomic E-state index is 0.184. The van der Waals surface area contributed by atoms with Gasteiger partial charge in [-0.1, -0.05) is 19.1 Å². The SMILES string of the molecule is CCOC(=O)N1CCC(Nc2ccc(C(=O)Nc3ccc(CC)cc3)cn2)CC1. The molecule has 0 atom stereocenters. The lowest BCUT2D eigenvalue weighted by atomic mass is 10.1. The predicted octanol–water partition coefficient (Wildman–Crippen LogP) is 3.93. The third-order valence-corrected chi connectivity index (χ3v) is 5.02. The molecule has 2 amide bonds. The maximum Gasteiger partial charge on any atom is 0.409 e. The van der Waals surface area contributed by atoms with Crippen LogP contribution in [0.1, 0.15) is 42.6 Å². The predicted molar refractivity (Wildman–Crippen MR) is 113 cm³/mol. The molecule has 0 radical (unpaired) electrons. The number of piperidine rings is 1. The number of hydrogen-bond donors (Lipinski definition) is 2. The van der Waals surface area contributed by atoms with Crippen LogP contribution in [-0.2, 0) is 11.2 Å². The Hall–Kier alpha value is -3.09.